The maximum atomic E-state index is 13.1. The second kappa shape index (κ2) is 13.3. The van der Waals surface area contributed by atoms with E-state index in [2.05, 4.69) is 16.0 Å². The van der Waals surface area contributed by atoms with Crippen molar-refractivity contribution in [1.29, 1.82) is 0 Å². The van der Waals surface area contributed by atoms with Gasteiger partial charge in [-0.25, -0.2) is 4.79 Å². The Morgan fingerprint density at radius 2 is 1.35 bits per heavy atom. The van der Waals surface area contributed by atoms with Crippen molar-refractivity contribution in [2.24, 2.45) is 17.6 Å². The molecule has 0 bridgehead atoms. The number of carbonyl (C=O) groups excluding carboxylic acids is 3. The molecule has 0 saturated heterocycles. The second-order valence-corrected chi connectivity index (χ2v) is 8.75. The average molecular weight is 479 g/mol. The highest BCUT2D eigenvalue weighted by Gasteiger charge is 2.33. The predicted octanol–water partition coefficient (Wildman–Crippen LogP) is -0.118. The summed E-state index contributed by atoms with van der Waals surface area (Å²) in [6.45, 7) is 6.81. The van der Waals surface area contributed by atoms with Gasteiger partial charge >= 0.3 is 11.9 Å². The van der Waals surface area contributed by atoms with E-state index >= 15 is 0 Å². The van der Waals surface area contributed by atoms with Gasteiger partial charge in [0.2, 0.25) is 17.7 Å². The fraction of sp³-hybridized carbons (Fsp3) is 0.522. The van der Waals surface area contributed by atoms with E-state index in [0.717, 1.165) is 5.56 Å². The SMILES string of the molecule is CC(C)C(N)C(=O)NC(Cc1ccccc1)C(=O)NC(C(=O)NC(CC(=O)O)C(=O)O)C(C)C. The molecule has 3 amide bonds. The summed E-state index contributed by atoms with van der Waals surface area (Å²) in [6.07, 6.45) is -0.688. The third-order valence-electron chi connectivity index (χ3n) is 5.18. The Bertz CT molecular complexity index is 873. The molecule has 11 heteroatoms. The van der Waals surface area contributed by atoms with Crippen LogP contribution >= 0.6 is 0 Å². The van der Waals surface area contributed by atoms with E-state index in [0.29, 0.717) is 0 Å². The first-order valence-electron chi connectivity index (χ1n) is 11.0. The first-order chi connectivity index (χ1) is 15.8. The van der Waals surface area contributed by atoms with Crippen molar-refractivity contribution in [2.75, 3.05) is 0 Å². The van der Waals surface area contributed by atoms with Crippen molar-refractivity contribution < 1.29 is 34.2 Å². The van der Waals surface area contributed by atoms with Crippen molar-refractivity contribution in [3.05, 3.63) is 35.9 Å². The molecule has 0 fully saturated rings. The van der Waals surface area contributed by atoms with E-state index in [1.807, 2.05) is 0 Å². The van der Waals surface area contributed by atoms with E-state index < -0.39 is 66.2 Å². The summed E-state index contributed by atoms with van der Waals surface area (Å²) in [5.41, 5.74) is 6.67. The summed E-state index contributed by atoms with van der Waals surface area (Å²) in [6, 6.07) is 4.21. The maximum Gasteiger partial charge on any atom is 0.326 e. The van der Waals surface area contributed by atoms with Gasteiger partial charge in [0.15, 0.2) is 0 Å². The number of carboxylic acid groups (broad SMARTS) is 2. The van der Waals surface area contributed by atoms with E-state index in [9.17, 15) is 29.1 Å². The number of rotatable bonds is 13. The summed E-state index contributed by atoms with van der Waals surface area (Å²) < 4.78 is 0. The van der Waals surface area contributed by atoms with E-state index in [1.54, 1.807) is 58.0 Å². The number of carboxylic acids is 2. The molecule has 4 atom stereocenters. The summed E-state index contributed by atoms with van der Waals surface area (Å²) >= 11 is 0. The molecular formula is C23H34N4O7. The largest absolute Gasteiger partial charge is 0.481 e. The molecule has 7 N–H and O–H groups in total. The van der Waals surface area contributed by atoms with Crippen molar-refractivity contribution in [2.45, 2.75) is 64.7 Å². The Hall–Kier alpha value is -3.47. The van der Waals surface area contributed by atoms with Crippen LogP contribution in [0.2, 0.25) is 0 Å². The maximum absolute atomic E-state index is 13.1. The summed E-state index contributed by atoms with van der Waals surface area (Å²) in [5.74, 6) is -5.57. The van der Waals surface area contributed by atoms with Crippen LogP contribution in [-0.2, 0) is 30.4 Å². The van der Waals surface area contributed by atoms with Gasteiger partial charge in [0, 0.05) is 6.42 Å². The third kappa shape index (κ3) is 9.18. The minimum absolute atomic E-state index is 0.131. The fourth-order valence-corrected chi connectivity index (χ4v) is 3.05. The molecule has 0 aliphatic carbocycles. The van der Waals surface area contributed by atoms with Gasteiger partial charge in [-0.2, -0.15) is 0 Å². The molecule has 1 aromatic carbocycles. The van der Waals surface area contributed by atoms with Crippen LogP contribution in [0.4, 0.5) is 0 Å². The number of nitrogens with one attached hydrogen (secondary N) is 3. The number of nitrogens with two attached hydrogens (primary N) is 1. The molecule has 0 aliphatic rings. The van der Waals surface area contributed by atoms with Crippen LogP contribution in [0.5, 0.6) is 0 Å². The lowest BCUT2D eigenvalue weighted by atomic mass is 9.99. The normalized spacial score (nSPS) is 14.6. The molecule has 0 radical (unpaired) electrons. The first-order valence-corrected chi connectivity index (χ1v) is 11.0. The summed E-state index contributed by atoms with van der Waals surface area (Å²) in [5, 5.41) is 25.4. The highest BCUT2D eigenvalue weighted by Crippen LogP contribution is 2.09. The van der Waals surface area contributed by atoms with Crippen LogP contribution in [0.1, 0.15) is 39.7 Å². The van der Waals surface area contributed by atoms with Crippen LogP contribution in [0.15, 0.2) is 30.3 Å². The number of aliphatic carboxylic acids is 2. The fourth-order valence-electron chi connectivity index (χ4n) is 3.05. The lowest BCUT2D eigenvalue weighted by Gasteiger charge is -2.27. The predicted molar refractivity (Wildman–Crippen MR) is 123 cm³/mol. The smallest absolute Gasteiger partial charge is 0.326 e. The van der Waals surface area contributed by atoms with Gasteiger partial charge in [0.05, 0.1) is 12.5 Å². The number of carbonyl (C=O) groups is 5. The monoisotopic (exact) mass is 478 g/mol. The zero-order valence-corrected chi connectivity index (χ0v) is 19.8. The Balaban J connectivity index is 3.08. The Kier molecular flexibility index (Phi) is 11.2. The van der Waals surface area contributed by atoms with E-state index in [4.69, 9.17) is 10.8 Å². The average Bonchev–Trinajstić information content (AvgIpc) is 2.75. The van der Waals surface area contributed by atoms with E-state index in [-0.39, 0.29) is 12.3 Å². The third-order valence-corrected chi connectivity index (χ3v) is 5.18. The molecule has 0 aromatic heterocycles. The first kappa shape index (κ1) is 28.6. The number of hydrogen-bond acceptors (Lipinski definition) is 6. The molecule has 1 aromatic rings. The Morgan fingerprint density at radius 3 is 1.82 bits per heavy atom. The Morgan fingerprint density at radius 1 is 0.794 bits per heavy atom. The van der Waals surface area contributed by atoms with E-state index in [1.165, 1.54) is 0 Å². The van der Waals surface area contributed by atoms with Gasteiger partial charge in [0.25, 0.3) is 0 Å². The zero-order valence-electron chi connectivity index (χ0n) is 19.8. The van der Waals surface area contributed by atoms with Gasteiger partial charge < -0.3 is 31.9 Å². The molecule has 11 nitrogen and oxygen atoms in total. The second-order valence-electron chi connectivity index (χ2n) is 8.75. The van der Waals surface area contributed by atoms with Crippen LogP contribution in [0.3, 0.4) is 0 Å². The minimum atomic E-state index is -1.66. The minimum Gasteiger partial charge on any atom is -0.481 e. The zero-order chi connectivity index (χ0) is 26.0. The number of hydrogen-bond donors (Lipinski definition) is 6. The summed E-state index contributed by atoms with van der Waals surface area (Å²) in [7, 11) is 0. The number of amides is 3. The molecule has 4 unspecified atom stereocenters. The van der Waals surface area contributed by atoms with Gasteiger partial charge in [0.1, 0.15) is 18.1 Å². The van der Waals surface area contributed by atoms with Gasteiger partial charge in [-0.05, 0) is 17.4 Å². The van der Waals surface area contributed by atoms with Crippen molar-refractivity contribution in [3.63, 3.8) is 0 Å². The topological polar surface area (TPSA) is 188 Å². The highest BCUT2D eigenvalue weighted by molar-refractivity contribution is 5.94. The molecular weight excluding hydrogens is 444 g/mol. The van der Waals surface area contributed by atoms with Gasteiger partial charge in [-0.15, -0.1) is 0 Å². The number of benzene rings is 1. The van der Waals surface area contributed by atoms with Gasteiger partial charge in [-0.1, -0.05) is 58.0 Å². The standard InChI is InChI=1S/C23H34N4O7/c1-12(2)18(24)21(31)25-15(10-14-8-6-5-7-9-14)20(30)27-19(13(3)4)22(32)26-16(23(33)34)11-17(28)29/h5-9,12-13,15-16,18-19H,10-11,24H2,1-4H3,(H,25,31)(H,26,32)(H,27,30)(H,28,29)(H,33,34). The molecule has 34 heavy (non-hydrogen) atoms. The lowest BCUT2D eigenvalue weighted by Crippen LogP contribution is -2.59. The van der Waals surface area contributed by atoms with Crippen LogP contribution < -0.4 is 21.7 Å². The van der Waals surface area contributed by atoms with Crippen LogP contribution in [0, 0.1) is 11.8 Å². The van der Waals surface area contributed by atoms with Crippen molar-refractivity contribution in [1.82, 2.24) is 16.0 Å². The summed E-state index contributed by atoms with van der Waals surface area (Å²) in [4.78, 5) is 60.6. The molecule has 0 heterocycles. The highest BCUT2D eigenvalue weighted by atomic mass is 16.4. The lowest BCUT2D eigenvalue weighted by molar-refractivity contribution is -0.147. The molecule has 188 valence electrons. The molecule has 1 rings (SSSR count). The van der Waals surface area contributed by atoms with Crippen LogP contribution in [0.25, 0.3) is 0 Å². The quantitative estimate of drug-likeness (QED) is 0.226. The molecule has 0 spiro atoms. The van der Waals surface area contributed by atoms with Crippen molar-refractivity contribution >= 4 is 29.7 Å². The molecule has 0 aliphatic heterocycles. The van der Waals surface area contributed by atoms with Crippen molar-refractivity contribution in [3.8, 4) is 0 Å². The Labute approximate surface area is 198 Å². The van der Waals surface area contributed by atoms with Gasteiger partial charge in [-0.3, -0.25) is 19.2 Å². The molecule has 0 saturated carbocycles. The van der Waals surface area contributed by atoms with Crippen LogP contribution in [-0.4, -0.2) is 64.0 Å².